The maximum Gasteiger partial charge on any atom is 0.324 e. The van der Waals surface area contributed by atoms with Gasteiger partial charge in [0, 0.05) is 33.7 Å². The predicted octanol–water partition coefficient (Wildman–Crippen LogP) is 7.61. The molecule has 3 N–H and O–H groups in total. The highest BCUT2D eigenvalue weighted by Gasteiger charge is 2.32. The highest BCUT2D eigenvalue weighted by molar-refractivity contribution is 7.03. The van der Waals surface area contributed by atoms with E-state index in [1.165, 1.54) is 11.5 Å². The van der Waals surface area contributed by atoms with Gasteiger partial charge < -0.3 is 10.6 Å². The Balaban J connectivity index is 1.24. The van der Waals surface area contributed by atoms with Gasteiger partial charge in [0.05, 0.1) is 17.3 Å². The molecule has 0 aliphatic carbocycles. The molecule has 10 heteroatoms. The third-order valence-electron chi connectivity index (χ3n) is 8.46. The number of urea groups is 1. The molecular formula is C36H39N7O2S. The Kier molecular flexibility index (Phi) is 9.10. The molecule has 1 aliphatic heterocycles. The van der Waals surface area contributed by atoms with E-state index in [-0.39, 0.29) is 29.1 Å². The molecule has 5 aromatic rings. The quantitative estimate of drug-likeness (QED) is 0.152. The Morgan fingerprint density at radius 1 is 0.957 bits per heavy atom. The van der Waals surface area contributed by atoms with E-state index >= 15 is 0 Å². The van der Waals surface area contributed by atoms with Gasteiger partial charge in [0.1, 0.15) is 11.5 Å². The minimum Gasteiger partial charge on any atom is -0.317 e. The van der Waals surface area contributed by atoms with Crippen molar-refractivity contribution in [1.29, 1.82) is 0 Å². The van der Waals surface area contributed by atoms with Crippen LogP contribution in [0.1, 0.15) is 66.7 Å². The maximum absolute atomic E-state index is 14.1. The molecule has 46 heavy (non-hydrogen) atoms. The van der Waals surface area contributed by atoms with Crippen LogP contribution in [0.15, 0.2) is 84.2 Å². The van der Waals surface area contributed by atoms with Gasteiger partial charge in [0.15, 0.2) is 5.78 Å². The van der Waals surface area contributed by atoms with Crippen LogP contribution in [-0.2, 0) is 5.41 Å². The summed E-state index contributed by atoms with van der Waals surface area (Å²) < 4.78 is 5.71. The lowest BCUT2D eigenvalue weighted by Gasteiger charge is -2.30. The molecule has 2 aromatic heterocycles. The zero-order chi connectivity index (χ0) is 32.3. The van der Waals surface area contributed by atoms with E-state index in [1.54, 1.807) is 4.68 Å². The van der Waals surface area contributed by atoms with Crippen molar-refractivity contribution in [2.24, 2.45) is 5.92 Å². The molecule has 2 amide bonds. The number of rotatable bonds is 8. The van der Waals surface area contributed by atoms with Crippen molar-refractivity contribution in [3.8, 4) is 16.9 Å². The molecule has 1 aliphatic rings. The number of piperidine rings is 1. The summed E-state index contributed by atoms with van der Waals surface area (Å²) in [6.45, 7) is 10.1. The van der Waals surface area contributed by atoms with Gasteiger partial charge in [-0.15, -0.1) is 5.10 Å². The summed E-state index contributed by atoms with van der Waals surface area (Å²) in [4.78, 5) is 27.5. The summed E-state index contributed by atoms with van der Waals surface area (Å²) in [6, 6.07) is 24.8. The normalized spacial score (nSPS) is 14.5. The number of anilines is 2. The third kappa shape index (κ3) is 7.08. The maximum atomic E-state index is 14.1. The lowest BCUT2D eigenvalue weighted by molar-refractivity contribution is 0.0916. The van der Waals surface area contributed by atoms with Crippen molar-refractivity contribution in [3.05, 3.63) is 107 Å². The van der Waals surface area contributed by atoms with Crippen molar-refractivity contribution >= 4 is 34.9 Å². The molecule has 3 heterocycles. The summed E-state index contributed by atoms with van der Waals surface area (Å²) in [5, 5.41) is 20.3. The van der Waals surface area contributed by atoms with Crippen LogP contribution in [0.5, 0.6) is 0 Å². The number of aryl methyl sites for hydroxylation is 1. The first-order chi connectivity index (χ1) is 22.2. The lowest BCUT2D eigenvalue weighted by Crippen LogP contribution is -2.33. The van der Waals surface area contributed by atoms with E-state index in [0.717, 1.165) is 59.7 Å². The van der Waals surface area contributed by atoms with Gasteiger partial charge in [0.25, 0.3) is 0 Å². The number of ketones is 1. The van der Waals surface area contributed by atoms with E-state index in [1.807, 2.05) is 91.2 Å². The Morgan fingerprint density at radius 3 is 2.37 bits per heavy atom. The monoisotopic (exact) mass is 633 g/mol. The number of amides is 2. The first-order valence-electron chi connectivity index (χ1n) is 15.6. The SMILES string of the molecule is Cc1ccc(-n2nc(C(C)(C)C)cc2NC(=O)Nc2cccc(C(C(=O)c3ccc(-c4csnn4)cc3)C3CCNCC3)c2)cc1. The average Bonchev–Trinajstić information content (AvgIpc) is 3.74. The van der Waals surface area contributed by atoms with Crippen LogP contribution in [0, 0.1) is 12.8 Å². The van der Waals surface area contributed by atoms with Crippen LogP contribution < -0.4 is 16.0 Å². The van der Waals surface area contributed by atoms with Gasteiger partial charge in [-0.2, -0.15) is 5.10 Å². The van der Waals surface area contributed by atoms with Gasteiger partial charge in [-0.1, -0.05) is 79.4 Å². The smallest absolute Gasteiger partial charge is 0.317 e. The van der Waals surface area contributed by atoms with Crippen LogP contribution in [0.3, 0.4) is 0 Å². The van der Waals surface area contributed by atoms with E-state index in [0.29, 0.717) is 17.1 Å². The molecule has 3 aromatic carbocycles. The van der Waals surface area contributed by atoms with Crippen molar-refractivity contribution in [2.45, 2.75) is 51.9 Å². The van der Waals surface area contributed by atoms with Crippen molar-refractivity contribution in [3.63, 3.8) is 0 Å². The summed E-state index contributed by atoms with van der Waals surface area (Å²) in [5.74, 6) is 0.492. The molecule has 236 valence electrons. The molecule has 0 bridgehead atoms. The predicted molar refractivity (Wildman–Crippen MR) is 184 cm³/mol. The summed E-state index contributed by atoms with van der Waals surface area (Å²) >= 11 is 1.30. The standard InChI is InChI=1S/C36H39N7O2S/c1-23-8-14-29(15-9-23)43-32(21-31(41-43)36(2,3)4)39-35(45)38-28-7-5-6-27(20-28)33(25-16-18-37-19-17-25)34(44)26-12-10-24(11-13-26)30-22-46-42-40-30/h5-15,20-22,25,33,37H,16-19H2,1-4H3,(H2,38,39,45). The van der Waals surface area contributed by atoms with Gasteiger partial charge in [0.2, 0.25) is 0 Å². The fourth-order valence-corrected chi connectivity index (χ4v) is 6.36. The largest absolute Gasteiger partial charge is 0.324 e. The molecule has 1 saturated heterocycles. The summed E-state index contributed by atoms with van der Waals surface area (Å²) in [6.07, 6.45) is 1.80. The molecule has 0 saturated carbocycles. The fourth-order valence-electron chi connectivity index (χ4n) is 5.90. The first kappa shape index (κ1) is 31.3. The second-order valence-electron chi connectivity index (χ2n) is 12.9. The van der Waals surface area contributed by atoms with E-state index in [4.69, 9.17) is 5.10 Å². The molecule has 0 spiro atoms. The summed E-state index contributed by atoms with van der Waals surface area (Å²) in [5.41, 5.74) is 6.56. The molecule has 9 nitrogen and oxygen atoms in total. The van der Waals surface area contributed by atoms with E-state index < -0.39 is 0 Å². The number of hydrogen-bond donors (Lipinski definition) is 3. The second-order valence-corrected chi connectivity index (χ2v) is 13.5. The number of nitrogens with zero attached hydrogens (tertiary/aromatic N) is 4. The Bertz CT molecular complexity index is 1800. The van der Waals surface area contributed by atoms with Gasteiger partial charge in [-0.3, -0.25) is 10.1 Å². The molecule has 1 atom stereocenters. The number of carbonyl (C=O) groups excluding carboxylic acids is 2. The fraction of sp³-hybridized carbons (Fsp3) is 0.306. The third-order valence-corrected chi connectivity index (χ3v) is 8.97. The average molecular weight is 634 g/mol. The van der Waals surface area contributed by atoms with E-state index in [9.17, 15) is 9.59 Å². The number of carbonyl (C=O) groups is 2. The van der Waals surface area contributed by atoms with Crippen LogP contribution in [0.25, 0.3) is 16.9 Å². The highest BCUT2D eigenvalue weighted by atomic mass is 32.1. The minimum atomic E-state index is -0.386. The van der Waals surface area contributed by atoms with Crippen molar-refractivity contribution in [2.75, 3.05) is 23.7 Å². The Hall–Kier alpha value is -4.67. The number of benzene rings is 3. The van der Waals surface area contributed by atoms with Crippen LogP contribution in [0.2, 0.25) is 0 Å². The van der Waals surface area contributed by atoms with Crippen LogP contribution >= 0.6 is 11.5 Å². The Labute approximate surface area is 273 Å². The topological polar surface area (TPSA) is 114 Å². The van der Waals surface area contributed by atoms with Gasteiger partial charge in [-0.25, -0.2) is 9.48 Å². The van der Waals surface area contributed by atoms with Crippen molar-refractivity contribution < 1.29 is 9.59 Å². The van der Waals surface area contributed by atoms with Crippen LogP contribution in [0.4, 0.5) is 16.3 Å². The summed E-state index contributed by atoms with van der Waals surface area (Å²) in [7, 11) is 0. The molecule has 6 rings (SSSR count). The lowest BCUT2D eigenvalue weighted by atomic mass is 9.76. The molecular weight excluding hydrogens is 595 g/mol. The minimum absolute atomic E-state index is 0.0770. The number of aromatic nitrogens is 4. The second kappa shape index (κ2) is 13.4. The highest BCUT2D eigenvalue weighted by Crippen LogP contribution is 2.36. The zero-order valence-corrected chi connectivity index (χ0v) is 27.4. The van der Waals surface area contributed by atoms with Gasteiger partial charge in [-0.05, 0) is 80.1 Å². The number of nitrogens with one attached hydrogen (secondary N) is 3. The Morgan fingerprint density at radius 2 is 1.70 bits per heavy atom. The molecule has 1 fully saturated rings. The molecule has 0 radical (unpaired) electrons. The number of Topliss-reactive ketones (excluding diaryl/α,β-unsaturated/α-hetero) is 1. The van der Waals surface area contributed by atoms with Crippen molar-refractivity contribution in [1.82, 2.24) is 24.7 Å². The number of hydrogen-bond acceptors (Lipinski definition) is 7. The molecule has 1 unspecified atom stereocenters. The van der Waals surface area contributed by atoms with Crippen LogP contribution in [-0.4, -0.2) is 44.3 Å². The first-order valence-corrected chi connectivity index (χ1v) is 16.5. The van der Waals surface area contributed by atoms with E-state index in [2.05, 4.69) is 46.3 Å². The zero-order valence-electron chi connectivity index (χ0n) is 26.6. The van der Waals surface area contributed by atoms with Gasteiger partial charge >= 0.3 is 6.03 Å².